The molecule has 0 aromatic carbocycles. The van der Waals surface area contributed by atoms with Gasteiger partial charge in [0, 0.05) is 16.9 Å². The van der Waals surface area contributed by atoms with Crippen LogP contribution in [-0.2, 0) is 14.4 Å². The number of carboxylic acids is 1. The molecule has 1 aliphatic carbocycles. The molecule has 1 aliphatic rings. The van der Waals surface area contributed by atoms with Gasteiger partial charge in [0.2, 0.25) is 5.91 Å². The largest absolute Gasteiger partial charge is 0.481 e. The number of hydrogen-bond donors (Lipinski definition) is 4. The van der Waals surface area contributed by atoms with Gasteiger partial charge in [-0.1, -0.05) is 41.9 Å². The molecule has 7 nitrogen and oxygen atoms in total. The van der Waals surface area contributed by atoms with Gasteiger partial charge in [0.1, 0.15) is 5.54 Å². The Morgan fingerprint density at radius 1 is 1.09 bits per heavy atom. The molecular weight excluding hydrogens is 426 g/mol. The fraction of sp³-hybridized carbons (Fsp3) is 0.625. The molecule has 8 heteroatoms. The van der Waals surface area contributed by atoms with Crippen molar-refractivity contribution in [3.8, 4) is 0 Å². The molecule has 0 spiro atoms. The lowest BCUT2D eigenvalue weighted by Gasteiger charge is -2.19. The number of allylic oxidation sites excluding steroid dienone is 5. The summed E-state index contributed by atoms with van der Waals surface area (Å²) in [5.41, 5.74) is 5.13. The molecule has 3 atom stereocenters. The molecule has 1 fully saturated rings. The summed E-state index contributed by atoms with van der Waals surface area (Å²) < 4.78 is 0. The van der Waals surface area contributed by atoms with Crippen molar-refractivity contribution in [1.82, 2.24) is 10.7 Å². The summed E-state index contributed by atoms with van der Waals surface area (Å²) in [6, 6.07) is 0. The molecular formula is C24H39N3O4S. The Balaban J connectivity index is 2.50. The zero-order valence-corrected chi connectivity index (χ0v) is 20.8. The first kappa shape index (κ1) is 28.0. The lowest BCUT2D eigenvalue weighted by molar-refractivity contribution is -0.141. The van der Waals surface area contributed by atoms with Crippen molar-refractivity contribution in [3.63, 3.8) is 0 Å². The zero-order chi connectivity index (χ0) is 24.3. The quantitative estimate of drug-likeness (QED) is 0.134. The van der Waals surface area contributed by atoms with Gasteiger partial charge in [-0.25, -0.2) is 5.84 Å². The summed E-state index contributed by atoms with van der Waals surface area (Å²) >= 11 is 1.60. The lowest BCUT2D eigenvalue weighted by Crippen LogP contribution is -2.54. The van der Waals surface area contributed by atoms with Crippen LogP contribution in [0, 0.1) is 5.92 Å². The Morgan fingerprint density at radius 3 is 2.25 bits per heavy atom. The van der Waals surface area contributed by atoms with E-state index in [0.29, 0.717) is 6.42 Å². The summed E-state index contributed by atoms with van der Waals surface area (Å²) in [6.07, 6.45) is 11.1. The molecule has 5 N–H and O–H groups in total. The van der Waals surface area contributed by atoms with Gasteiger partial charge < -0.3 is 10.4 Å². The van der Waals surface area contributed by atoms with E-state index in [-0.39, 0.29) is 11.7 Å². The van der Waals surface area contributed by atoms with Crippen LogP contribution >= 0.6 is 11.8 Å². The Morgan fingerprint density at radius 2 is 1.69 bits per heavy atom. The number of nitrogens with two attached hydrogens (primary N) is 1. The zero-order valence-electron chi connectivity index (χ0n) is 20.0. The van der Waals surface area contributed by atoms with E-state index in [0.717, 1.165) is 31.4 Å². The third-order valence-electron chi connectivity index (χ3n) is 5.56. The maximum absolute atomic E-state index is 12.3. The van der Waals surface area contributed by atoms with Gasteiger partial charge in [-0.15, -0.1) is 0 Å². The highest BCUT2D eigenvalue weighted by atomic mass is 32.2. The SMILES string of the molecule is CC(C)=CCC/C(C)=C/CC/C(C)=C/CSC1CC1(NC(=O)[C@H](C)CC(=O)O)C(=O)NN. The molecule has 0 saturated heterocycles. The molecule has 0 bridgehead atoms. The van der Waals surface area contributed by atoms with Gasteiger partial charge >= 0.3 is 5.97 Å². The van der Waals surface area contributed by atoms with Crippen molar-refractivity contribution in [2.24, 2.45) is 11.8 Å². The van der Waals surface area contributed by atoms with Gasteiger partial charge in [-0.2, -0.15) is 11.8 Å². The van der Waals surface area contributed by atoms with Crippen LogP contribution in [0.3, 0.4) is 0 Å². The second-order valence-electron chi connectivity index (χ2n) is 8.92. The highest BCUT2D eigenvalue weighted by Gasteiger charge is 2.61. The molecule has 0 aliphatic heterocycles. The van der Waals surface area contributed by atoms with Crippen LogP contribution in [0.5, 0.6) is 0 Å². The second kappa shape index (κ2) is 13.5. The van der Waals surface area contributed by atoms with E-state index < -0.39 is 29.2 Å². The minimum absolute atomic E-state index is 0.0895. The number of aliphatic carboxylic acids is 1. The maximum Gasteiger partial charge on any atom is 0.304 e. The normalized spacial score (nSPS) is 21.5. The average Bonchev–Trinajstić information content (AvgIpc) is 3.39. The molecule has 0 aromatic heterocycles. The van der Waals surface area contributed by atoms with Crippen molar-refractivity contribution < 1.29 is 19.5 Å². The number of thioether (sulfide) groups is 1. The summed E-state index contributed by atoms with van der Waals surface area (Å²) in [6.45, 7) is 10.1. The predicted molar refractivity (Wildman–Crippen MR) is 131 cm³/mol. The van der Waals surface area contributed by atoms with Gasteiger partial charge in [0.05, 0.1) is 6.42 Å². The summed E-state index contributed by atoms with van der Waals surface area (Å²) in [4.78, 5) is 35.5. The van der Waals surface area contributed by atoms with Crippen molar-refractivity contribution in [2.45, 2.75) is 83.9 Å². The first-order valence-corrected chi connectivity index (χ1v) is 12.2. The van der Waals surface area contributed by atoms with E-state index in [2.05, 4.69) is 56.7 Å². The first-order valence-electron chi connectivity index (χ1n) is 11.1. The minimum atomic E-state index is -1.06. The Hall–Kier alpha value is -2.06. The lowest BCUT2D eigenvalue weighted by atomic mass is 10.1. The highest BCUT2D eigenvalue weighted by Crippen LogP contribution is 2.46. The highest BCUT2D eigenvalue weighted by molar-refractivity contribution is 8.00. The monoisotopic (exact) mass is 465 g/mol. The molecule has 0 aromatic rings. The minimum Gasteiger partial charge on any atom is -0.481 e. The molecule has 1 rings (SSSR count). The van der Waals surface area contributed by atoms with Crippen LogP contribution in [0.25, 0.3) is 0 Å². The van der Waals surface area contributed by atoms with E-state index in [1.165, 1.54) is 23.6 Å². The molecule has 0 heterocycles. The van der Waals surface area contributed by atoms with Crippen molar-refractivity contribution >= 4 is 29.5 Å². The number of hydrazine groups is 1. The summed E-state index contributed by atoms with van der Waals surface area (Å²) in [7, 11) is 0. The number of carboxylic acid groups (broad SMARTS) is 1. The predicted octanol–water partition coefficient (Wildman–Crippen LogP) is 3.87. The second-order valence-corrected chi connectivity index (χ2v) is 10.2. The molecule has 2 unspecified atom stereocenters. The molecule has 32 heavy (non-hydrogen) atoms. The number of carbonyl (C=O) groups is 3. The van der Waals surface area contributed by atoms with E-state index in [1.807, 2.05) is 0 Å². The Labute approximate surface area is 196 Å². The van der Waals surface area contributed by atoms with Crippen LogP contribution < -0.4 is 16.6 Å². The topological polar surface area (TPSA) is 122 Å². The number of rotatable bonds is 14. The van der Waals surface area contributed by atoms with Crippen LogP contribution in [0.1, 0.15) is 73.1 Å². The molecule has 2 amide bonds. The van der Waals surface area contributed by atoms with E-state index in [9.17, 15) is 14.4 Å². The van der Waals surface area contributed by atoms with Gasteiger partial charge in [0.25, 0.3) is 5.91 Å². The van der Waals surface area contributed by atoms with Crippen molar-refractivity contribution in [2.75, 3.05) is 5.75 Å². The summed E-state index contributed by atoms with van der Waals surface area (Å²) in [5.74, 6) is 3.39. The van der Waals surface area contributed by atoms with Crippen LogP contribution in [-0.4, -0.2) is 39.4 Å². The number of amides is 2. The van der Waals surface area contributed by atoms with Crippen LogP contribution in [0.15, 0.2) is 34.9 Å². The van der Waals surface area contributed by atoms with E-state index in [1.54, 1.807) is 11.8 Å². The third-order valence-corrected chi connectivity index (χ3v) is 6.89. The van der Waals surface area contributed by atoms with Gasteiger partial charge in [-0.05, 0) is 59.8 Å². The van der Waals surface area contributed by atoms with Crippen LogP contribution in [0.2, 0.25) is 0 Å². The number of hydrogen-bond acceptors (Lipinski definition) is 5. The molecule has 1 saturated carbocycles. The average molecular weight is 466 g/mol. The fourth-order valence-electron chi connectivity index (χ4n) is 3.33. The maximum atomic E-state index is 12.3. The third kappa shape index (κ3) is 9.61. The summed E-state index contributed by atoms with van der Waals surface area (Å²) in [5, 5.41) is 11.5. The Kier molecular flexibility index (Phi) is 11.8. The molecule has 180 valence electrons. The van der Waals surface area contributed by atoms with E-state index in [4.69, 9.17) is 10.9 Å². The first-order chi connectivity index (χ1) is 15.0. The fourth-order valence-corrected chi connectivity index (χ4v) is 4.78. The standard InChI is InChI=1S/C24H39N3O4S/c1-16(2)8-6-9-17(3)10-7-11-18(4)12-13-32-20-15-24(20,23(31)27-25)26-22(30)19(5)14-21(28)29/h8,10,12,19-20H,6-7,9,11,13-15,25H2,1-5H3,(H,26,30)(H,27,31)(H,28,29)/b17-10+,18-12+/t19-,20?,24?/m1/s1. The van der Waals surface area contributed by atoms with Gasteiger partial charge in [-0.3, -0.25) is 19.8 Å². The smallest absolute Gasteiger partial charge is 0.304 e. The Bertz CT molecular complexity index is 771. The number of carbonyl (C=O) groups excluding carboxylic acids is 2. The van der Waals surface area contributed by atoms with Gasteiger partial charge in [0.15, 0.2) is 0 Å². The molecule has 0 radical (unpaired) electrons. The van der Waals surface area contributed by atoms with E-state index >= 15 is 0 Å². The van der Waals surface area contributed by atoms with Crippen molar-refractivity contribution in [1.29, 1.82) is 0 Å². The van der Waals surface area contributed by atoms with Crippen molar-refractivity contribution in [3.05, 3.63) is 34.9 Å². The number of nitrogens with one attached hydrogen (secondary N) is 2. The van der Waals surface area contributed by atoms with Crippen LogP contribution in [0.4, 0.5) is 0 Å².